The average molecular weight is 427 g/mol. The monoisotopic (exact) mass is 426 g/mol. The average Bonchev–Trinajstić information content (AvgIpc) is 2.88. The molecule has 3 rings (SSSR count). The molecule has 30 heavy (non-hydrogen) atoms. The normalized spacial score (nSPS) is 26.6. The van der Waals surface area contributed by atoms with Crippen LogP contribution in [0, 0.1) is 11.8 Å². The summed E-state index contributed by atoms with van der Waals surface area (Å²) in [4.78, 5) is 11.1. The lowest BCUT2D eigenvalue weighted by Crippen LogP contribution is -2.41. The molecule has 1 aromatic rings. The summed E-state index contributed by atoms with van der Waals surface area (Å²) in [5.74, 6) is -0.813. The van der Waals surface area contributed by atoms with E-state index in [-0.39, 0.29) is 29.8 Å². The van der Waals surface area contributed by atoms with Crippen molar-refractivity contribution in [1.82, 2.24) is 0 Å². The first kappa shape index (κ1) is 23.3. The third-order valence-corrected chi connectivity index (χ3v) is 7.09. The van der Waals surface area contributed by atoms with Gasteiger partial charge in [0.1, 0.15) is 0 Å². The Kier molecular flexibility index (Phi) is 6.68. The van der Waals surface area contributed by atoms with Gasteiger partial charge in [-0.25, -0.2) is 0 Å². The zero-order valence-electron chi connectivity index (χ0n) is 18.3. The fraction of sp³-hybridized carbons (Fsp3) is 0.708. The fourth-order valence-electron chi connectivity index (χ4n) is 4.32. The van der Waals surface area contributed by atoms with Crippen molar-refractivity contribution in [3.05, 3.63) is 35.4 Å². The van der Waals surface area contributed by atoms with Crippen LogP contribution in [0.2, 0.25) is 0 Å². The van der Waals surface area contributed by atoms with Gasteiger partial charge in [0.25, 0.3) is 0 Å². The first-order valence-corrected chi connectivity index (χ1v) is 10.9. The van der Waals surface area contributed by atoms with Crippen LogP contribution in [0.5, 0.6) is 0 Å². The minimum atomic E-state index is -4.69. The number of ketones is 1. The zero-order valence-corrected chi connectivity index (χ0v) is 18.3. The van der Waals surface area contributed by atoms with E-state index in [1.54, 1.807) is 0 Å². The van der Waals surface area contributed by atoms with E-state index >= 15 is 0 Å². The van der Waals surface area contributed by atoms with Crippen LogP contribution in [0.15, 0.2) is 24.3 Å². The standard InChI is InChI=1S/C24H33F3O3/c1-22(2)23(3,4)30-21(29-22)19-12-9-18(10-13-19)15-17-7-5-16(6-8-17)11-14-20(28)24(25,26)27/h9-10,12-13,16-17,21H,5-8,11,14-15H2,1-4H3. The predicted octanol–water partition coefficient (Wildman–Crippen LogP) is 6.55. The van der Waals surface area contributed by atoms with Crippen molar-refractivity contribution >= 4 is 5.78 Å². The Morgan fingerprint density at radius 1 is 0.933 bits per heavy atom. The lowest BCUT2D eigenvalue weighted by atomic mass is 9.77. The Morgan fingerprint density at radius 2 is 1.43 bits per heavy atom. The number of hydrogen-bond acceptors (Lipinski definition) is 3. The largest absolute Gasteiger partial charge is 0.449 e. The van der Waals surface area contributed by atoms with E-state index in [4.69, 9.17) is 9.47 Å². The molecule has 2 aliphatic rings. The van der Waals surface area contributed by atoms with Gasteiger partial charge >= 0.3 is 6.18 Å². The molecule has 2 fully saturated rings. The molecule has 0 atom stereocenters. The van der Waals surface area contributed by atoms with Crippen LogP contribution in [0.4, 0.5) is 13.2 Å². The molecule has 0 bridgehead atoms. The Hall–Kier alpha value is -1.40. The summed E-state index contributed by atoms with van der Waals surface area (Å²) < 4.78 is 49.2. The van der Waals surface area contributed by atoms with Crippen molar-refractivity contribution in [3.8, 4) is 0 Å². The minimum Gasteiger partial charge on any atom is -0.339 e. The Morgan fingerprint density at radius 3 is 1.93 bits per heavy atom. The highest BCUT2D eigenvalue weighted by Crippen LogP contribution is 2.44. The van der Waals surface area contributed by atoms with Gasteiger partial charge in [-0.1, -0.05) is 37.1 Å². The molecule has 0 radical (unpaired) electrons. The smallest absolute Gasteiger partial charge is 0.339 e. The van der Waals surface area contributed by atoms with Gasteiger partial charge in [0, 0.05) is 12.0 Å². The predicted molar refractivity (Wildman–Crippen MR) is 109 cm³/mol. The van der Waals surface area contributed by atoms with Gasteiger partial charge in [0.05, 0.1) is 11.2 Å². The third kappa shape index (κ3) is 5.44. The maximum atomic E-state index is 12.3. The SMILES string of the molecule is CC1(C)OC(c2ccc(CC3CCC(CCC(=O)C(F)(F)F)CC3)cc2)OC1(C)C. The lowest BCUT2D eigenvalue weighted by Gasteiger charge is -2.30. The number of benzene rings is 1. The van der Waals surface area contributed by atoms with Gasteiger partial charge in [-0.15, -0.1) is 0 Å². The van der Waals surface area contributed by atoms with E-state index in [1.165, 1.54) is 5.56 Å². The molecule has 0 spiro atoms. The number of alkyl halides is 3. The Labute approximate surface area is 177 Å². The maximum Gasteiger partial charge on any atom is 0.449 e. The first-order valence-electron chi connectivity index (χ1n) is 10.9. The molecule has 1 heterocycles. The number of ether oxygens (including phenoxy) is 2. The molecular weight excluding hydrogens is 393 g/mol. The van der Waals surface area contributed by atoms with Gasteiger partial charge < -0.3 is 9.47 Å². The van der Waals surface area contributed by atoms with Crippen LogP contribution >= 0.6 is 0 Å². The highest BCUT2D eigenvalue weighted by Gasteiger charge is 2.49. The van der Waals surface area contributed by atoms with Crippen LogP contribution in [-0.4, -0.2) is 23.2 Å². The van der Waals surface area contributed by atoms with Gasteiger partial charge in [0.15, 0.2) is 6.29 Å². The van der Waals surface area contributed by atoms with E-state index in [2.05, 4.69) is 24.3 Å². The topological polar surface area (TPSA) is 35.5 Å². The molecule has 3 nitrogen and oxygen atoms in total. The van der Waals surface area contributed by atoms with Gasteiger partial charge in [-0.2, -0.15) is 13.2 Å². The zero-order chi connectivity index (χ0) is 22.2. The molecule has 1 saturated heterocycles. The minimum absolute atomic E-state index is 0.235. The summed E-state index contributed by atoms with van der Waals surface area (Å²) in [7, 11) is 0. The van der Waals surface area contributed by atoms with Crippen molar-refractivity contribution in [3.63, 3.8) is 0 Å². The lowest BCUT2D eigenvalue weighted by molar-refractivity contribution is -0.171. The Bertz CT molecular complexity index is 713. The van der Waals surface area contributed by atoms with Crippen molar-refractivity contribution in [2.75, 3.05) is 0 Å². The van der Waals surface area contributed by atoms with Crippen molar-refractivity contribution < 1.29 is 27.4 Å². The van der Waals surface area contributed by atoms with Crippen LogP contribution in [0.3, 0.4) is 0 Å². The molecule has 0 N–H and O–H groups in total. The van der Waals surface area contributed by atoms with Crippen molar-refractivity contribution in [1.29, 1.82) is 0 Å². The first-order chi connectivity index (χ1) is 13.9. The van der Waals surface area contributed by atoms with Gasteiger partial charge in [-0.05, 0) is 70.8 Å². The van der Waals surface area contributed by atoms with Crippen molar-refractivity contribution in [2.24, 2.45) is 11.8 Å². The third-order valence-electron chi connectivity index (χ3n) is 7.09. The number of hydrogen-bond donors (Lipinski definition) is 0. The quantitative estimate of drug-likeness (QED) is 0.517. The molecule has 1 aromatic carbocycles. The summed E-state index contributed by atoms with van der Waals surface area (Å²) in [5, 5.41) is 0. The molecular formula is C24H33F3O3. The molecule has 0 unspecified atom stereocenters. The summed E-state index contributed by atoms with van der Waals surface area (Å²) in [6.07, 6.45) is -0.287. The summed E-state index contributed by atoms with van der Waals surface area (Å²) >= 11 is 0. The van der Waals surface area contributed by atoms with Crippen LogP contribution in [0.1, 0.15) is 83.6 Å². The van der Waals surface area contributed by atoms with E-state index in [9.17, 15) is 18.0 Å². The van der Waals surface area contributed by atoms with E-state index < -0.39 is 12.0 Å². The van der Waals surface area contributed by atoms with Gasteiger partial charge in [0.2, 0.25) is 5.78 Å². The maximum absolute atomic E-state index is 12.3. The van der Waals surface area contributed by atoms with Gasteiger partial charge in [-0.3, -0.25) is 4.79 Å². The van der Waals surface area contributed by atoms with E-state index in [1.807, 2.05) is 27.7 Å². The van der Waals surface area contributed by atoms with E-state index in [0.29, 0.717) is 12.3 Å². The second-order valence-corrected chi connectivity index (χ2v) is 9.88. The van der Waals surface area contributed by atoms with Crippen molar-refractivity contribution in [2.45, 2.75) is 96.3 Å². The second-order valence-electron chi connectivity index (χ2n) is 9.88. The fourth-order valence-corrected chi connectivity index (χ4v) is 4.32. The van der Waals surface area contributed by atoms with Crippen LogP contribution in [0.25, 0.3) is 0 Å². The number of rotatable bonds is 6. The molecule has 6 heteroatoms. The summed E-state index contributed by atoms with van der Waals surface area (Å²) in [5.41, 5.74) is 1.54. The number of carbonyl (C=O) groups is 1. The number of Topliss-reactive ketones (excluding diaryl/α,β-unsaturated/α-hetero) is 1. The number of halogens is 3. The number of carbonyl (C=O) groups excluding carboxylic acids is 1. The molecule has 0 aromatic heterocycles. The molecule has 1 aliphatic heterocycles. The molecule has 1 saturated carbocycles. The molecule has 0 amide bonds. The molecule has 1 aliphatic carbocycles. The van der Waals surface area contributed by atoms with Crippen LogP contribution in [-0.2, 0) is 20.7 Å². The summed E-state index contributed by atoms with van der Waals surface area (Å²) in [6.45, 7) is 8.15. The highest BCUT2D eigenvalue weighted by atomic mass is 19.4. The second kappa shape index (κ2) is 8.62. The van der Waals surface area contributed by atoms with E-state index in [0.717, 1.165) is 37.7 Å². The highest BCUT2D eigenvalue weighted by molar-refractivity contribution is 5.83. The van der Waals surface area contributed by atoms with Crippen LogP contribution < -0.4 is 0 Å². The molecule has 168 valence electrons. The Balaban J connectivity index is 1.45. The summed E-state index contributed by atoms with van der Waals surface area (Å²) in [6, 6.07) is 8.36.